The number of hydrogen-bond acceptors (Lipinski definition) is 4. The van der Waals surface area contributed by atoms with Gasteiger partial charge < -0.3 is 20.7 Å². The van der Waals surface area contributed by atoms with Gasteiger partial charge in [0, 0.05) is 26.3 Å². The SMILES string of the molecule is CCOCC(NC(=O)c1ccc(N(C)C)c(N)c1)C(C)C. The molecule has 0 aliphatic carbocycles. The van der Waals surface area contributed by atoms with Gasteiger partial charge in [0.15, 0.2) is 0 Å². The maximum atomic E-state index is 12.3. The van der Waals surface area contributed by atoms with Crippen LogP contribution in [-0.4, -0.2) is 39.3 Å². The Morgan fingerprint density at radius 3 is 2.52 bits per heavy atom. The van der Waals surface area contributed by atoms with Crippen LogP contribution in [0.2, 0.25) is 0 Å². The van der Waals surface area contributed by atoms with Gasteiger partial charge in [-0.25, -0.2) is 0 Å². The molecule has 0 aliphatic heterocycles. The largest absolute Gasteiger partial charge is 0.397 e. The highest BCUT2D eigenvalue weighted by atomic mass is 16.5. The number of nitrogens with two attached hydrogens (primary N) is 1. The Morgan fingerprint density at radius 2 is 2.05 bits per heavy atom. The summed E-state index contributed by atoms with van der Waals surface area (Å²) in [6, 6.07) is 5.35. The molecule has 0 spiro atoms. The van der Waals surface area contributed by atoms with Gasteiger partial charge in [0.25, 0.3) is 5.91 Å². The van der Waals surface area contributed by atoms with E-state index in [1.807, 2.05) is 32.0 Å². The summed E-state index contributed by atoms with van der Waals surface area (Å²) in [5.41, 5.74) is 8.05. The van der Waals surface area contributed by atoms with E-state index in [2.05, 4.69) is 19.2 Å². The first-order valence-electron chi connectivity index (χ1n) is 7.32. The normalized spacial score (nSPS) is 12.3. The minimum atomic E-state index is -0.120. The van der Waals surface area contributed by atoms with Gasteiger partial charge in [-0.1, -0.05) is 13.8 Å². The summed E-state index contributed by atoms with van der Waals surface area (Å²) >= 11 is 0. The topological polar surface area (TPSA) is 67.6 Å². The molecule has 0 fully saturated rings. The van der Waals surface area contributed by atoms with Crippen LogP contribution in [0.15, 0.2) is 18.2 Å². The first-order valence-corrected chi connectivity index (χ1v) is 7.32. The lowest BCUT2D eigenvalue weighted by Gasteiger charge is -2.22. The van der Waals surface area contributed by atoms with Gasteiger partial charge >= 0.3 is 0 Å². The van der Waals surface area contributed by atoms with Gasteiger partial charge in [-0.2, -0.15) is 0 Å². The number of hydrogen-bond donors (Lipinski definition) is 2. The van der Waals surface area contributed by atoms with E-state index in [1.54, 1.807) is 12.1 Å². The predicted molar refractivity (Wildman–Crippen MR) is 87.8 cm³/mol. The average molecular weight is 293 g/mol. The molecule has 0 saturated heterocycles. The van der Waals surface area contributed by atoms with Gasteiger partial charge in [-0.15, -0.1) is 0 Å². The zero-order valence-electron chi connectivity index (χ0n) is 13.6. The van der Waals surface area contributed by atoms with Gasteiger partial charge in [0.1, 0.15) is 0 Å². The second-order valence-electron chi connectivity index (χ2n) is 5.65. The lowest BCUT2D eigenvalue weighted by molar-refractivity contribution is 0.0806. The van der Waals surface area contributed by atoms with Crippen molar-refractivity contribution < 1.29 is 9.53 Å². The van der Waals surface area contributed by atoms with E-state index >= 15 is 0 Å². The van der Waals surface area contributed by atoms with Gasteiger partial charge in [0.2, 0.25) is 0 Å². The maximum absolute atomic E-state index is 12.3. The Bertz CT molecular complexity index is 473. The van der Waals surface area contributed by atoms with Crippen molar-refractivity contribution in [3.8, 4) is 0 Å². The highest BCUT2D eigenvalue weighted by Crippen LogP contribution is 2.22. The molecule has 0 radical (unpaired) electrons. The number of benzene rings is 1. The quantitative estimate of drug-likeness (QED) is 0.756. The zero-order chi connectivity index (χ0) is 16.0. The van der Waals surface area contributed by atoms with Crippen LogP contribution in [0.3, 0.4) is 0 Å². The van der Waals surface area contributed by atoms with Crippen LogP contribution >= 0.6 is 0 Å². The summed E-state index contributed by atoms with van der Waals surface area (Å²) in [6.07, 6.45) is 0. The van der Waals surface area contributed by atoms with E-state index in [-0.39, 0.29) is 11.9 Å². The average Bonchev–Trinajstić information content (AvgIpc) is 2.42. The molecule has 3 N–H and O–H groups in total. The Hall–Kier alpha value is -1.75. The van der Waals surface area contributed by atoms with Crippen molar-refractivity contribution in [2.24, 2.45) is 5.92 Å². The third kappa shape index (κ3) is 4.93. The smallest absolute Gasteiger partial charge is 0.251 e. The molecule has 1 aromatic rings. The van der Waals surface area contributed by atoms with Gasteiger partial charge in [-0.3, -0.25) is 4.79 Å². The fourth-order valence-corrected chi connectivity index (χ4v) is 2.00. The summed E-state index contributed by atoms with van der Waals surface area (Å²) in [7, 11) is 3.84. The van der Waals surface area contributed by atoms with Gasteiger partial charge in [0.05, 0.1) is 24.0 Å². The summed E-state index contributed by atoms with van der Waals surface area (Å²) in [5, 5.41) is 3.01. The molecule has 1 unspecified atom stereocenters. The second-order valence-corrected chi connectivity index (χ2v) is 5.65. The minimum Gasteiger partial charge on any atom is -0.397 e. The highest BCUT2D eigenvalue weighted by molar-refractivity contribution is 5.96. The molecule has 0 bridgehead atoms. The fourth-order valence-electron chi connectivity index (χ4n) is 2.00. The molecule has 0 aromatic heterocycles. The molecule has 21 heavy (non-hydrogen) atoms. The minimum absolute atomic E-state index is 0.00722. The first kappa shape index (κ1) is 17.3. The van der Waals surface area contributed by atoms with Crippen LogP contribution in [0.4, 0.5) is 11.4 Å². The van der Waals surface area contributed by atoms with E-state index < -0.39 is 0 Å². The van der Waals surface area contributed by atoms with Crippen molar-refractivity contribution in [3.05, 3.63) is 23.8 Å². The molecule has 1 atom stereocenters. The van der Waals surface area contributed by atoms with Crippen molar-refractivity contribution in [2.75, 3.05) is 37.9 Å². The first-order chi connectivity index (χ1) is 9.86. The number of carbonyl (C=O) groups excluding carboxylic acids is 1. The van der Waals surface area contributed by atoms with E-state index in [4.69, 9.17) is 10.5 Å². The molecule has 118 valence electrons. The number of anilines is 2. The number of nitrogens with zero attached hydrogens (tertiary/aromatic N) is 1. The summed E-state index contributed by atoms with van der Waals surface area (Å²) in [6.45, 7) is 7.23. The maximum Gasteiger partial charge on any atom is 0.251 e. The van der Waals surface area contributed by atoms with Crippen LogP contribution < -0.4 is 16.0 Å². The lowest BCUT2D eigenvalue weighted by Crippen LogP contribution is -2.41. The van der Waals surface area contributed by atoms with Crippen LogP contribution in [0.5, 0.6) is 0 Å². The summed E-state index contributed by atoms with van der Waals surface area (Å²) < 4.78 is 5.42. The Labute approximate surface area is 127 Å². The van der Waals surface area contributed by atoms with E-state index in [9.17, 15) is 4.79 Å². The number of amides is 1. The molecule has 0 saturated carbocycles. The van der Waals surface area contributed by atoms with E-state index in [0.717, 1.165) is 5.69 Å². The van der Waals surface area contributed by atoms with Crippen molar-refractivity contribution in [3.63, 3.8) is 0 Å². The number of ether oxygens (including phenoxy) is 1. The highest BCUT2D eigenvalue weighted by Gasteiger charge is 2.18. The van der Waals surface area contributed by atoms with Crippen molar-refractivity contribution in [1.29, 1.82) is 0 Å². The predicted octanol–water partition coefficient (Wildman–Crippen LogP) is 2.13. The molecule has 0 heterocycles. The Balaban J connectivity index is 2.80. The molecular weight excluding hydrogens is 266 g/mol. The summed E-state index contributed by atoms with van der Waals surface area (Å²) in [4.78, 5) is 14.2. The monoisotopic (exact) mass is 293 g/mol. The number of rotatable bonds is 7. The zero-order valence-corrected chi connectivity index (χ0v) is 13.6. The van der Waals surface area contributed by atoms with Crippen molar-refractivity contribution in [1.82, 2.24) is 5.32 Å². The van der Waals surface area contributed by atoms with Crippen molar-refractivity contribution in [2.45, 2.75) is 26.8 Å². The Morgan fingerprint density at radius 1 is 1.38 bits per heavy atom. The molecular formula is C16H27N3O2. The molecule has 1 amide bonds. The van der Waals surface area contributed by atoms with E-state index in [0.29, 0.717) is 30.4 Å². The number of nitrogens with one attached hydrogen (secondary N) is 1. The molecule has 1 aromatic carbocycles. The third-order valence-electron chi connectivity index (χ3n) is 3.39. The molecule has 1 rings (SSSR count). The van der Waals surface area contributed by atoms with Gasteiger partial charge in [-0.05, 0) is 31.0 Å². The fraction of sp³-hybridized carbons (Fsp3) is 0.562. The standard InChI is InChI=1S/C16H27N3O2/c1-6-21-10-14(11(2)3)18-16(20)12-7-8-15(19(4)5)13(17)9-12/h7-9,11,14H,6,10,17H2,1-5H3,(H,18,20). The molecule has 0 aliphatic rings. The lowest BCUT2D eigenvalue weighted by atomic mass is 10.0. The van der Waals surface area contributed by atoms with Crippen molar-refractivity contribution >= 4 is 17.3 Å². The van der Waals surface area contributed by atoms with Crippen LogP contribution in [0.25, 0.3) is 0 Å². The molecule has 5 heteroatoms. The van der Waals surface area contributed by atoms with Crippen LogP contribution in [0.1, 0.15) is 31.1 Å². The Kier molecular flexibility index (Phi) is 6.49. The summed E-state index contributed by atoms with van der Waals surface area (Å²) in [5.74, 6) is 0.185. The number of carbonyl (C=O) groups is 1. The number of nitrogen functional groups attached to an aromatic ring is 1. The van der Waals surface area contributed by atoms with Crippen LogP contribution in [0, 0.1) is 5.92 Å². The molecule has 5 nitrogen and oxygen atoms in total. The van der Waals surface area contributed by atoms with E-state index in [1.165, 1.54) is 0 Å². The second kappa shape index (κ2) is 7.88. The third-order valence-corrected chi connectivity index (χ3v) is 3.39. The van der Waals surface area contributed by atoms with Crippen LogP contribution in [-0.2, 0) is 4.74 Å².